The molecule has 1 aromatic carbocycles. The number of carbonyl (C=O) groups excluding carboxylic acids is 1. The first-order chi connectivity index (χ1) is 7.19. The van der Waals surface area contributed by atoms with E-state index in [1.165, 1.54) is 0 Å². The zero-order valence-electron chi connectivity index (χ0n) is 8.33. The van der Waals surface area contributed by atoms with E-state index in [4.69, 9.17) is 5.26 Å². The number of halogens is 1. The standard InChI is InChI=1S/C11H11BrN2O/c1-14-11(15)6-8(7-13)9-4-2-3-5-10(9)12/h2-5,8H,6H2,1H3,(H,14,15). The lowest BCUT2D eigenvalue weighted by atomic mass is 9.97. The average molecular weight is 267 g/mol. The number of nitrogens with zero attached hydrogens (tertiary/aromatic N) is 1. The summed E-state index contributed by atoms with van der Waals surface area (Å²) in [7, 11) is 1.57. The van der Waals surface area contributed by atoms with Crippen molar-refractivity contribution in [3.05, 3.63) is 34.3 Å². The lowest BCUT2D eigenvalue weighted by Crippen LogP contribution is -2.20. The number of hydrogen-bond acceptors (Lipinski definition) is 2. The second kappa shape index (κ2) is 5.52. The Labute approximate surface area is 97.2 Å². The zero-order chi connectivity index (χ0) is 11.3. The Hall–Kier alpha value is -1.34. The van der Waals surface area contributed by atoms with Crippen LogP contribution in [0.2, 0.25) is 0 Å². The molecule has 3 nitrogen and oxygen atoms in total. The van der Waals surface area contributed by atoms with E-state index in [2.05, 4.69) is 27.3 Å². The Bertz CT molecular complexity index is 398. The van der Waals surface area contributed by atoms with Gasteiger partial charge in [-0.15, -0.1) is 0 Å². The molecule has 4 heteroatoms. The average Bonchev–Trinajstić information content (AvgIpc) is 2.26. The van der Waals surface area contributed by atoms with Gasteiger partial charge in [0.1, 0.15) is 0 Å². The Morgan fingerprint density at radius 3 is 2.80 bits per heavy atom. The molecular formula is C11H11BrN2O. The number of hydrogen-bond donors (Lipinski definition) is 1. The molecular weight excluding hydrogens is 256 g/mol. The van der Waals surface area contributed by atoms with E-state index < -0.39 is 5.92 Å². The molecule has 1 atom stereocenters. The van der Waals surface area contributed by atoms with Crippen LogP contribution >= 0.6 is 15.9 Å². The van der Waals surface area contributed by atoms with Crippen molar-refractivity contribution < 1.29 is 4.79 Å². The van der Waals surface area contributed by atoms with Gasteiger partial charge in [0.15, 0.2) is 0 Å². The molecule has 1 rings (SSSR count). The molecule has 15 heavy (non-hydrogen) atoms. The second-order valence-electron chi connectivity index (χ2n) is 3.08. The smallest absolute Gasteiger partial charge is 0.221 e. The van der Waals surface area contributed by atoms with Crippen molar-refractivity contribution >= 4 is 21.8 Å². The lowest BCUT2D eigenvalue weighted by molar-refractivity contribution is -0.120. The molecule has 1 unspecified atom stereocenters. The molecule has 0 aliphatic rings. The van der Waals surface area contributed by atoms with E-state index in [1.54, 1.807) is 7.05 Å². The third-order valence-electron chi connectivity index (χ3n) is 2.10. The minimum absolute atomic E-state index is 0.127. The normalized spacial score (nSPS) is 11.5. The van der Waals surface area contributed by atoms with Gasteiger partial charge in [-0.3, -0.25) is 4.79 Å². The van der Waals surface area contributed by atoms with Gasteiger partial charge in [0.25, 0.3) is 0 Å². The van der Waals surface area contributed by atoms with Gasteiger partial charge in [-0.05, 0) is 11.6 Å². The zero-order valence-corrected chi connectivity index (χ0v) is 9.91. The molecule has 0 saturated carbocycles. The summed E-state index contributed by atoms with van der Waals surface area (Å²) in [6.07, 6.45) is 0.190. The van der Waals surface area contributed by atoms with Crippen LogP contribution in [0.4, 0.5) is 0 Å². The van der Waals surface area contributed by atoms with Crippen molar-refractivity contribution in [2.45, 2.75) is 12.3 Å². The van der Waals surface area contributed by atoms with E-state index in [9.17, 15) is 4.79 Å². The third kappa shape index (κ3) is 3.07. The molecule has 1 aromatic rings. The Morgan fingerprint density at radius 1 is 1.60 bits per heavy atom. The first-order valence-electron chi connectivity index (χ1n) is 4.53. The van der Waals surface area contributed by atoms with Crippen LogP contribution in [-0.4, -0.2) is 13.0 Å². The molecule has 0 saturated heterocycles. The third-order valence-corrected chi connectivity index (χ3v) is 2.83. The summed E-state index contributed by atoms with van der Waals surface area (Å²) in [5.41, 5.74) is 0.851. The van der Waals surface area contributed by atoms with Gasteiger partial charge in [0.2, 0.25) is 5.91 Å². The lowest BCUT2D eigenvalue weighted by Gasteiger charge is -2.09. The van der Waals surface area contributed by atoms with Gasteiger partial charge in [0.05, 0.1) is 12.0 Å². The fraction of sp³-hybridized carbons (Fsp3) is 0.273. The fourth-order valence-corrected chi connectivity index (χ4v) is 1.83. The quantitative estimate of drug-likeness (QED) is 0.912. The highest BCUT2D eigenvalue weighted by atomic mass is 79.9. The molecule has 0 heterocycles. The predicted octanol–water partition coefficient (Wildman–Crippen LogP) is 2.19. The first-order valence-corrected chi connectivity index (χ1v) is 5.33. The van der Waals surface area contributed by atoms with Crippen LogP contribution in [0, 0.1) is 11.3 Å². The van der Waals surface area contributed by atoms with Gasteiger partial charge in [-0.1, -0.05) is 34.1 Å². The Balaban J connectivity index is 2.89. The van der Waals surface area contributed by atoms with Crippen molar-refractivity contribution in [1.82, 2.24) is 5.32 Å². The molecule has 0 aliphatic heterocycles. The molecule has 0 aromatic heterocycles. The highest BCUT2D eigenvalue weighted by Gasteiger charge is 2.16. The fourth-order valence-electron chi connectivity index (χ4n) is 1.27. The van der Waals surface area contributed by atoms with Crippen LogP contribution in [0.15, 0.2) is 28.7 Å². The summed E-state index contributed by atoms with van der Waals surface area (Å²) >= 11 is 3.37. The number of nitriles is 1. The minimum atomic E-state index is -0.402. The van der Waals surface area contributed by atoms with E-state index in [1.807, 2.05) is 24.3 Å². The van der Waals surface area contributed by atoms with Crippen molar-refractivity contribution in [2.24, 2.45) is 0 Å². The van der Waals surface area contributed by atoms with Gasteiger partial charge in [-0.2, -0.15) is 5.26 Å². The number of benzene rings is 1. The van der Waals surface area contributed by atoms with E-state index in [-0.39, 0.29) is 12.3 Å². The number of rotatable bonds is 3. The molecule has 0 bridgehead atoms. The molecule has 0 radical (unpaired) electrons. The molecule has 0 aliphatic carbocycles. The van der Waals surface area contributed by atoms with Gasteiger partial charge in [0, 0.05) is 17.9 Å². The van der Waals surface area contributed by atoms with Crippen LogP contribution in [0.25, 0.3) is 0 Å². The Kier molecular flexibility index (Phi) is 4.32. The van der Waals surface area contributed by atoms with Gasteiger partial charge in [-0.25, -0.2) is 0 Å². The summed E-state index contributed by atoms with van der Waals surface area (Å²) in [6.45, 7) is 0. The number of amides is 1. The minimum Gasteiger partial charge on any atom is -0.359 e. The monoisotopic (exact) mass is 266 g/mol. The molecule has 0 fully saturated rings. The van der Waals surface area contributed by atoms with Gasteiger partial charge < -0.3 is 5.32 Å². The SMILES string of the molecule is CNC(=O)CC(C#N)c1ccccc1Br. The molecule has 78 valence electrons. The predicted molar refractivity (Wildman–Crippen MR) is 61.2 cm³/mol. The van der Waals surface area contributed by atoms with Crippen molar-refractivity contribution in [1.29, 1.82) is 5.26 Å². The molecule has 1 N–H and O–H groups in total. The van der Waals surface area contributed by atoms with Crippen LogP contribution in [0.5, 0.6) is 0 Å². The van der Waals surface area contributed by atoms with Crippen molar-refractivity contribution in [3.63, 3.8) is 0 Å². The van der Waals surface area contributed by atoms with Crippen LogP contribution in [0.1, 0.15) is 17.9 Å². The Morgan fingerprint density at radius 2 is 2.27 bits per heavy atom. The summed E-state index contributed by atoms with van der Waals surface area (Å²) < 4.78 is 0.862. The second-order valence-corrected chi connectivity index (χ2v) is 3.93. The maximum absolute atomic E-state index is 11.2. The summed E-state index contributed by atoms with van der Waals surface area (Å²) in [5, 5.41) is 11.5. The maximum Gasteiger partial charge on any atom is 0.221 e. The summed E-state index contributed by atoms with van der Waals surface area (Å²) in [6, 6.07) is 9.58. The first kappa shape index (κ1) is 11.7. The van der Waals surface area contributed by atoms with Crippen molar-refractivity contribution in [3.8, 4) is 6.07 Å². The maximum atomic E-state index is 11.2. The highest BCUT2D eigenvalue weighted by molar-refractivity contribution is 9.10. The number of nitrogens with one attached hydrogen (secondary N) is 1. The van der Waals surface area contributed by atoms with Gasteiger partial charge >= 0.3 is 0 Å². The highest BCUT2D eigenvalue weighted by Crippen LogP contribution is 2.26. The topological polar surface area (TPSA) is 52.9 Å². The van der Waals surface area contributed by atoms with Crippen LogP contribution in [-0.2, 0) is 4.79 Å². The summed E-state index contributed by atoms with van der Waals surface area (Å²) in [4.78, 5) is 11.2. The van der Waals surface area contributed by atoms with Crippen LogP contribution in [0.3, 0.4) is 0 Å². The van der Waals surface area contributed by atoms with Crippen LogP contribution < -0.4 is 5.32 Å². The van der Waals surface area contributed by atoms with E-state index in [0.717, 1.165) is 10.0 Å². The largest absolute Gasteiger partial charge is 0.359 e. The molecule has 0 spiro atoms. The number of carbonyl (C=O) groups is 1. The molecule has 1 amide bonds. The summed E-state index contributed by atoms with van der Waals surface area (Å²) in [5.74, 6) is -0.530. The van der Waals surface area contributed by atoms with Crippen molar-refractivity contribution in [2.75, 3.05) is 7.05 Å². The van der Waals surface area contributed by atoms with E-state index >= 15 is 0 Å². The van der Waals surface area contributed by atoms with E-state index in [0.29, 0.717) is 0 Å².